The Labute approximate surface area is 104 Å². The molecular formula is C14H23N3. The molecule has 0 saturated carbocycles. The van der Waals surface area contributed by atoms with Gasteiger partial charge < -0.3 is 15.5 Å². The molecule has 0 amide bonds. The number of nitrogen functional groups attached to an aromatic ring is 1. The fraction of sp³-hybridized carbons (Fsp3) is 0.571. The van der Waals surface area contributed by atoms with Gasteiger partial charge in [-0.05, 0) is 37.2 Å². The molecule has 3 heteroatoms. The molecule has 1 aliphatic heterocycles. The van der Waals surface area contributed by atoms with E-state index in [9.17, 15) is 0 Å². The van der Waals surface area contributed by atoms with Gasteiger partial charge in [0.1, 0.15) is 0 Å². The van der Waals surface area contributed by atoms with Crippen LogP contribution in [0.2, 0.25) is 0 Å². The van der Waals surface area contributed by atoms with Crippen molar-refractivity contribution in [3.8, 4) is 0 Å². The predicted molar refractivity (Wildman–Crippen MR) is 74.6 cm³/mol. The van der Waals surface area contributed by atoms with Gasteiger partial charge in [0.2, 0.25) is 0 Å². The lowest BCUT2D eigenvalue weighted by Crippen LogP contribution is -2.34. The Hall–Kier alpha value is -1.22. The summed E-state index contributed by atoms with van der Waals surface area (Å²) in [6.45, 7) is 10.1. The number of benzene rings is 1. The molecule has 0 saturated heterocycles. The minimum Gasteiger partial charge on any atom is -0.399 e. The normalized spacial score (nSPS) is 14.4. The van der Waals surface area contributed by atoms with E-state index in [1.165, 1.54) is 11.3 Å². The van der Waals surface area contributed by atoms with Crippen molar-refractivity contribution in [2.24, 2.45) is 0 Å². The van der Waals surface area contributed by atoms with E-state index in [1.54, 1.807) is 0 Å². The number of anilines is 2. The third-order valence-electron chi connectivity index (χ3n) is 3.68. The Morgan fingerprint density at radius 2 is 2.06 bits per heavy atom. The first kappa shape index (κ1) is 12.2. The predicted octanol–water partition coefficient (Wildman–Crippen LogP) is 1.97. The van der Waals surface area contributed by atoms with Crippen LogP contribution in [0.5, 0.6) is 0 Å². The van der Waals surface area contributed by atoms with Gasteiger partial charge in [-0.2, -0.15) is 0 Å². The zero-order valence-electron chi connectivity index (χ0n) is 10.9. The maximum Gasteiger partial charge on any atom is 0.0420 e. The Bertz CT molecular complexity index is 372. The standard InChI is InChI=1S/C14H23N3/c1-3-16(4-2)9-10-17-8-7-12-5-6-13(15)11-14(12)17/h5-6,11H,3-4,7-10,15H2,1-2H3. The number of hydrogen-bond acceptors (Lipinski definition) is 3. The van der Waals surface area contributed by atoms with Crippen LogP contribution in [0.15, 0.2) is 18.2 Å². The summed E-state index contributed by atoms with van der Waals surface area (Å²) in [4.78, 5) is 4.92. The summed E-state index contributed by atoms with van der Waals surface area (Å²) in [6, 6.07) is 6.29. The summed E-state index contributed by atoms with van der Waals surface area (Å²) >= 11 is 0. The second-order valence-corrected chi connectivity index (χ2v) is 4.65. The molecule has 1 aliphatic rings. The van der Waals surface area contributed by atoms with E-state index in [-0.39, 0.29) is 0 Å². The molecule has 0 atom stereocenters. The van der Waals surface area contributed by atoms with E-state index in [1.807, 2.05) is 6.07 Å². The molecule has 2 N–H and O–H groups in total. The molecule has 3 nitrogen and oxygen atoms in total. The number of nitrogens with zero attached hydrogens (tertiary/aromatic N) is 2. The first-order valence-electron chi connectivity index (χ1n) is 6.60. The number of fused-ring (bicyclic) bond motifs is 1. The Kier molecular flexibility index (Phi) is 3.89. The monoisotopic (exact) mass is 233 g/mol. The van der Waals surface area contributed by atoms with Gasteiger partial charge >= 0.3 is 0 Å². The highest BCUT2D eigenvalue weighted by molar-refractivity contribution is 5.64. The van der Waals surface area contributed by atoms with Crippen molar-refractivity contribution in [1.29, 1.82) is 0 Å². The second kappa shape index (κ2) is 5.41. The lowest BCUT2D eigenvalue weighted by molar-refractivity contribution is 0.310. The smallest absolute Gasteiger partial charge is 0.0420 e. The average molecular weight is 233 g/mol. The van der Waals surface area contributed by atoms with Gasteiger partial charge in [-0.1, -0.05) is 19.9 Å². The minimum absolute atomic E-state index is 0.874. The molecule has 1 aromatic rings. The summed E-state index contributed by atoms with van der Waals surface area (Å²) in [5, 5.41) is 0. The highest BCUT2D eigenvalue weighted by Gasteiger charge is 2.18. The van der Waals surface area contributed by atoms with Gasteiger partial charge in [0, 0.05) is 31.0 Å². The number of rotatable bonds is 5. The molecule has 94 valence electrons. The summed E-state index contributed by atoms with van der Waals surface area (Å²) in [5.41, 5.74) is 9.53. The van der Waals surface area contributed by atoms with Gasteiger partial charge in [-0.15, -0.1) is 0 Å². The van der Waals surface area contributed by atoms with Crippen molar-refractivity contribution in [1.82, 2.24) is 4.90 Å². The first-order chi connectivity index (χ1) is 8.24. The van der Waals surface area contributed by atoms with Crippen LogP contribution in [0, 0.1) is 0 Å². The molecule has 0 aliphatic carbocycles. The Morgan fingerprint density at radius 1 is 1.29 bits per heavy atom. The molecule has 0 unspecified atom stereocenters. The molecular weight excluding hydrogens is 210 g/mol. The number of likely N-dealkylation sites (N-methyl/N-ethyl adjacent to an activating group) is 1. The minimum atomic E-state index is 0.874. The molecule has 17 heavy (non-hydrogen) atoms. The number of hydrogen-bond donors (Lipinski definition) is 1. The van der Waals surface area contributed by atoms with Crippen LogP contribution >= 0.6 is 0 Å². The lowest BCUT2D eigenvalue weighted by atomic mass is 10.1. The third-order valence-corrected chi connectivity index (χ3v) is 3.68. The quantitative estimate of drug-likeness (QED) is 0.789. The highest BCUT2D eigenvalue weighted by Crippen LogP contribution is 2.29. The van der Waals surface area contributed by atoms with Crippen molar-refractivity contribution in [3.63, 3.8) is 0 Å². The SMILES string of the molecule is CCN(CC)CCN1CCc2ccc(N)cc21. The van der Waals surface area contributed by atoms with Crippen molar-refractivity contribution in [3.05, 3.63) is 23.8 Å². The fourth-order valence-corrected chi connectivity index (χ4v) is 2.50. The van der Waals surface area contributed by atoms with Crippen molar-refractivity contribution in [2.75, 3.05) is 43.4 Å². The molecule has 0 spiro atoms. The molecule has 0 radical (unpaired) electrons. The maximum absolute atomic E-state index is 5.86. The largest absolute Gasteiger partial charge is 0.399 e. The van der Waals surface area contributed by atoms with Crippen LogP contribution in [0.25, 0.3) is 0 Å². The van der Waals surface area contributed by atoms with Gasteiger partial charge in [0.15, 0.2) is 0 Å². The van der Waals surface area contributed by atoms with Gasteiger partial charge in [-0.3, -0.25) is 0 Å². The summed E-state index contributed by atoms with van der Waals surface area (Å²) < 4.78 is 0. The first-order valence-corrected chi connectivity index (χ1v) is 6.60. The van der Waals surface area contributed by atoms with Crippen LogP contribution < -0.4 is 10.6 Å². The van der Waals surface area contributed by atoms with E-state index >= 15 is 0 Å². The van der Waals surface area contributed by atoms with Gasteiger partial charge in [0.25, 0.3) is 0 Å². The van der Waals surface area contributed by atoms with Gasteiger partial charge in [-0.25, -0.2) is 0 Å². The zero-order valence-corrected chi connectivity index (χ0v) is 10.9. The van der Waals surface area contributed by atoms with Crippen molar-refractivity contribution >= 4 is 11.4 Å². The van der Waals surface area contributed by atoms with Crippen molar-refractivity contribution in [2.45, 2.75) is 20.3 Å². The highest BCUT2D eigenvalue weighted by atomic mass is 15.2. The summed E-state index contributed by atoms with van der Waals surface area (Å²) in [7, 11) is 0. The van der Waals surface area contributed by atoms with E-state index in [2.05, 4.69) is 35.8 Å². The van der Waals surface area contributed by atoms with E-state index in [0.717, 1.165) is 44.8 Å². The maximum atomic E-state index is 5.86. The van der Waals surface area contributed by atoms with Gasteiger partial charge in [0.05, 0.1) is 0 Å². The third kappa shape index (κ3) is 2.72. The van der Waals surface area contributed by atoms with Crippen LogP contribution in [0.3, 0.4) is 0 Å². The molecule has 0 bridgehead atoms. The Balaban J connectivity index is 1.99. The molecule has 2 rings (SSSR count). The molecule has 1 aromatic carbocycles. The molecule has 0 aromatic heterocycles. The number of nitrogens with two attached hydrogens (primary N) is 1. The molecule has 1 heterocycles. The second-order valence-electron chi connectivity index (χ2n) is 4.65. The van der Waals surface area contributed by atoms with E-state index < -0.39 is 0 Å². The van der Waals surface area contributed by atoms with Crippen LogP contribution in [-0.2, 0) is 6.42 Å². The topological polar surface area (TPSA) is 32.5 Å². The zero-order chi connectivity index (χ0) is 12.3. The van der Waals surface area contributed by atoms with Crippen LogP contribution in [0.1, 0.15) is 19.4 Å². The van der Waals surface area contributed by atoms with E-state index in [4.69, 9.17) is 5.73 Å². The van der Waals surface area contributed by atoms with E-state index in [0.29, 0.717) is 0 Å². The Morgan fingerprint density at radius 3 is 2.76 bits per heavy atom. The van der Waals surface area contributed by atoms with Crippen LogP contribution in [-0.4, -0.2) is 37.6 Å². The van der Waals surface area contributed by atoms with Crippen LogP contribution in [0.4, 0.5) is 11.4 Å². The van der Waals surface area contributed by atoms with Crippen molar-refractivity contribution < 1.29 is 0 Å². The summed E-state index contributed by atoms with van der Waals surface area (Å²) in [5.74, 6) is 0. The average Bonchev–Trinajstić information content (AvgIpc) is 2.73. The summed E-state index contributed by atoms with van der Waals surface area (Å²) in [6.07, 6.45) is 1.16. The lowest BCUT2D eigenvalue weighted by Gasteiger charge is -2.24. The fourth-order valence-electron chi connectivity index (χ4n) is 2.50. The molecule has 0 fully saturated rings.